The summed E-state index contributed by atoms with van der Waals surface area (Å²) in [6.07, 6.45) is -0.0859. The minimum Gasteiger partial charge on any atom is -0.490 e. The Morgan fingerprint density at radius 1 is 1.25 bits per heavy atom. The molecule has 0 spiro atoms. The van der Waals surface area contributed by atoms with E-state index in [0.29, 0.717) is 17.0 Å². The molecule has 1 amide bonds. The zero-order valence-corrected chi connectivity index (χ0v) is 15.1. The van der Waals surface area contributed by atoms with Gasteiger partial charge in [-0.15, -0.1) is 0 Å². The molecule has 0 aromatic heterocycles. The van der Waals surface area contributed by atoms with E-state index in [1.54, 1.807) is 31.2 Å². The Morgan fingerprint density at radius 3 is 2.58 bits per heavy atom. The van der Waals surface area contributed by atoms with E-state index in [1.807, 2.05) is 13.8 Å². The predicted octanol–water partition coefficient (Wildman–Crippen LogP) is 4.71. The number of non-ortho nitro benzene ring substituents is 1. The second-order valence-corrected chi connectivity index (χ2v) is 6.43. The average molecular weight is 393 g/mol. The van der Waals surface area contributed by atoms with Crippen LogP contribution in [0.1, 0.15) is 29.8 Å². The first-order valence-corrected chi connectivity index (χ1v) is 8.10. The number of halogens is 1. The highest BCUT2D eigenvalue weighted by molar-refractivity contribution is 9.10. The number of amides is 1. The average Bonchev–Trinajstić information content (AvgIpc) is 2.50. The molecule has 2 aromatic rings. The van der Waals surface area contributed by atoms with Gasteiger partial charge in [0, 0.05) is 16.6 Å². The van der Waals surface area contributed by atoms with Crippen LogP contribution in [0.25, 0.3) is 0 Å². The van der Waals surface area contributed by atoms with Gasteiger partial charge in [0.1, 0.15) is 5.75 Å². The molecular weight excluding hydrogens is 376 g/mol. The summed E-state index contributed by atoms with van der Waals surface area (Å²) in [6, 6.07) is 9.48. The number of aryl methyl sites for hydroxylation is 1. The van der Waals surface area contributed by atoms with Crippen LogP contribution < -0.4 is 10.1 Å². The van der Waals surface area contributed by atoms with E-state index in [1.165, 1.54) is 12.1 Å². The van der Waals surface area contributed by atoms with Gasteiger partial charge in [0.2, 0.25) is 0 Å². The van der Waals surface area contributed by atoms with E-state index >= 15 is 0 Å². The van der Waals surface area contributed by atoms with Crippen molar-refractivity contribution in [1.82, 2.24) is 0 Å². The van der Waals surface area contributed by atoms with E-state index in [-0.39, 0.29) is 11.8 Å². The molecule has 2 aromatic carbocycles. The van der Waals surface area contributed by atoms with Crippen molar-refractivity contribution in [1.29, 1.82) is 0 Å². The zero-order valence-electron chi connectivity index (χ0n) is 13.5. The lowest BCUT2D eigenvalue weighted by Crippen LogP contribution is -2.16. The van der Waals surface area contributed by atoms with Crippen molar-refractivity contribution in [3.8, 4) is 5.75 Å². The van der Waals surface area contributed by atoms with E-state index in [4.69, 9.17) is 4.74 Å². The molecule has 0 aliphatic carbocycles. The molecule has 1 N–H and O–H groups in total. The van der Waals surface area contributed by atoms with Gasteiger partial charge in [-0.2, -0.15) is 0 Å². The number of hydrogen-bond donors (Lipinski definition) is 1. The summed E-state index contributed by atoms with van der Waals surface area (Å²) in [6.45, 7) is 5.51. The maximum absolute atomic E-state index is 12.6. The van der Waals surface area contributed by atoms with Crippen LogP contribution in [0.2, 0.25) is 0 Å². The van der Waals surface area contributed by atoms with Gasteiger partial charge in [0.15, 0.2) is 0 Å². The predicted molar refractivity (Wildman–Crippen MR) is 95.7 cm³/mol. The van der Waals surface area contributed by atoms with Gasteiger partial charge in [0.25, 0.3) is 11.6 Å². The molecule has 6 nitrogen and oxygen atoms in total. The lowest BCUT2D eigenvalue weighted by atomic mass is 10.1. The first kappa shape index (κ1) is 17.9. The lowest BCUT2D eigenvalue weighted by molar-refractivity contribution is -0.384. The Hall–Kier alpha value is -2.41. The third-order valence-electron chi connectivity index (χ3n) is 3.23. The van der Waals surface area contributed by atoms with Crippen LogP contribution in [0.15, 0.2) is 40.9 Å². The molecule has 0 unspecified atom stereocenters. The highest BCUT2D eigenvalue weighted by atomic mass is 79.9. The fourth-order valence-electron chi connectivity index (χ4n) is 2.08. The quantitative estimate of drug-likeness (QED) is 0.590. The molecule has 24 heavy (non-hydrogen) atoms. The van der Waals surface area contributed by atoms with Crippen LogP contribution >= 0.6 is 15.9 Å². The third-order valence-corrected chi connectivity index (χ3v) is 3.72. The van der Waals surface area contributed by atoms with Crippen LogP contribution in [0.5, 0.6) is 5.75 Å². The number of carbonyl (C=O) groups excluding carboxylic acids is 1. The van der Waals surface area contributed by atoms with Crippen LogP contribution in [0.4, 0.5) is 11.4 Å². The van der Waals surface area contributed by atoms with Gasteiger partial charge in [-0.25, -0.2) is 0 Å². The van der Waals surface area contributed by atoms with E-state index < -0.39 is 10.8 Å². The second-order valence-electron chi connectivity index (χ2n) is 5.52. The van der Waals surface area contributed by atoms with Crippen molar-refractivity contribution in [2.45, 2.75) is 26.9 Å². The SMILES string of the molecule is Cc1ccc([N+](=O)[O-])cc1NC(=O)c1cc(Br)ccc1OC(C)C. The Balaban J connectivity index is 2.35. The fourth-order valence-corrected chi connectivity index (χ4v) is 2.45. The smallest absolute Gasteiger partial charge is 0.271 e. The van der Waals surface area contributed by atoms with Crippen molar-refractivity contribution in [3.63, 3.8) is 0 Å². The van der Waals surface area contributed by atoms with E-state index in [2.05, 4.69) is 21.2 Å². The number of anilines is 1. The van der Waals surface area contributed by atoms with Crippen molar-refractivity contribution in [2.75, 3.05) is 5.32 Å². The number of rotatable bonds is 5. The van der Waals surface area contributed by atoms with Gasteiger partial charge in [-0.1, -0.05) is 22.0 Å². The fraction of sp³-hybridized carbons (Fsp3) is 0.235. The molecule has 0 aliphatic rings. The Bertz CT molecular complexity index is 790. The molecule has 0 saturated heterocycles. The second kappa shape index (κ2) is 7.44. The van der Waals surface area contributed by atoms with Gasteiger partial charge in [0.05, 0.1) is 22.3 Å². The Kier molecular flexibility index (Phi) is 5.56. The molecule has 0 aliphatic heterocycles. The van der Waals surface area contributed by atoms with Crippen LogP contribution in [-0.2, 0) is 0 Å². The Labute approximate surface area is 148 Å². The van der Waals surface area contributed by atoms with E-state index in [0.717, 1.165) is 10.0 Å². The normalized spacial score (nSPS) is 10.5. The van der Waals surface area contributed by atoms with E-state index in [9.17, 15) is 14.9 Å². The molecule has 7 heteroatoms. The van der Waals surface area contributed by atoms with Crippen molar-refractivity contribution in [3.05, 3.63) is 62.1 Å². The first-order valence-electron chi connectivity index (χ1n) is 7.30. The maximum Gasteiger partial charge on any atom is 0.271 e. The number of hydrogen-bond acceptors (Lipinski definition) is 4. The molecule has 0 heterocycles. The number of benzene rings is 2. The molecule has 0 saturated carbocycles. The number of nitrogens with one attached hydrogen (secondary N) is 1. The zero-order chi connectivity index (χ0) is 17.9. The standard InChI is InChI=1S/C17H17BrN2O4/c1-10(2)24-16-7-5-12(18)8-14(16)17(21)19-15-9-13(20(22)23)6-4-11(15)3/h4-10H,1-3H3,(H,19,21). The topological polar surface area (TPSA) is 81.5 Å². The number of nitro groups is 1. The van der Waals surface area contributed by atoms with Crippen LogP contribution in [-0.4, -0.2) is 16.9 Å². The highest BCUT2D eigenvalue weighted by Gasteiger charge is 2.17. The monoisotopic (exact) mass is 392 g/mol. The van der Waals surface area contributed by atoms with Crippen molar-refractivity contribution < 1.29 is 14.5 Å². The molecule has 0 fully saturated rings. The third kappa shape index (κ3) is 4.32. The van der Waals surface area contributed by atoms with Gasteiger partial charge >= 0.3 is 0 Å². The molecule has 2 rings (SSSR count). The summed E-state index contributed by atoms with van der Waals surface area (Å²) < 4.78 is 6.40. The van der Waals surface area contributed by atoms with Crippen molar-refractivity contribution >= 4 is 33.2 Å². The lowest BCUT2D eigenvalue weighted by Gasteiger charge is -2.15. The van der Waals surface area contributed by atoms with Crippen LogP contribution in [0.3, 0.4) is 0 Å². The minimum atomic E-state index is -0.499. The number of nitro benzene ring substituents is 1. The molecule has 126 valence electrons. The summed E-state index contributed by atoms with van der Waals surface area (Å²) in [5.74, 6) is 0.0596. The summed E-state index contributed by atoms with van der Waals surface area (Å²) in [5.41, 5.74) is 1.40. The van der Waals surface area contributed by atoms with Crippen molar-refractivity contribution in [2.24, 2.45) is 0 Å². The molecule has 0 bridgehead atoms. The van der Waals surface area contributed by atoms with Gasteiger partial charge in [-0.05, 0) is 44.5 Å². The Morgan fingerprint density at radius 2 is 1.96 bits per heavy atom. The highest BCUT2D eigenvalue weighted by Crippen LogP contribution is 2.27. The first-order chi connectivity index (χ1) is 11.3. The summed E-state index contributed by atoms with van der Waals surface area (Å²) in [5, 5.41) is 13.6. The summed E-state index contributed by atoms with van der Waals surface area (Å²) in [7, 11) is 0. The molecule has 0 radical (unpaired) electrons. The number of ether oxygens (including phenoxy) is 1. The summed E-state index contributed by atoms with van der Waals surface area (Å²) in [4.78, 5) is 23.0. The summed E-state index contributed by atoms with van der Waals surface area (Å²) >= 11 is 3.34. The molecular formula is C17H17BrN2O4. The van der Waals surface area contributed by atoms with Gasteiger partial charge < -0.3 is 10.1 Å². The number of carbonyl (C=O) groups is 1. The largest absolute Gasteiger partial charge is 0.490 e. The molecule has 0 atom stereocenters. The van der Waals surface area contributed by atoms with Crippen LogP contribution in [0, 0.1) is 17.0 Å². The number of nitrogens with zero attached hydrogens (tertiary/aromatic N) is 1. The maximum atomic E-state index is 12.6. The van der Waals surface area contributed by atoms with Gasteiger partial charge in [-0.3, -0.25) is 14.9 Å². The minimum absolute atomic E-state index is 0.0798.